The molecule has 3 N–H and O–H groups in total. The van der Waals surface area contributed by atoms with E-state index in [1.165, 1.54) is 13.1 Å². The lowest BCUT2D eigenvalue weighted by molar-refractivity contribution is -0.159. The van der Waals surface area contributed by atoms with Crippen molar-refractivity contribution >= 4 is 21.5 Å². The molecule has 0 spiro atoms. The van der Waals surface area contributed by atoms with Gasteiger partial charge in [0.1, 0.15) is 4.90 Å². The molecular weight excluding hydrogens is 388 g/mol. The summed E-state index contributed by atoms with van der Waals surface area (Å²) in [5.41, 5.74) is 4.36. The van der Waals surface area contributed by atoms with E-state index in [1.807, 2.05) is 0 Å². The fourth-order valence-corrected chi connectivity index (χ4v) is 7.84. The summed E-state index contributed by atoms with van der Waals surface area (Å²) >= 11 is 0. The Kier molecular flexibility index (Phi) is 4.87. The Balaban J connectivity index is 1.53. The van der Waals surface area contributed by atoms with E-state index in [0.29, 0.717) is 24.2 Å². The molecule has 6 nitrogen and oxygen atoms in total. The number of carbonyl (C=O) groups is 1. The molecule has 2 unspecified atom stereocenters. The molecule has 2 atom stereocenters. The van der Waals surface area contributed by atoms with Crippen molar-refractivity contribution in [3.63, 3.8) is 0 Å². The van der Waals surface area contributed by atoms with Crippen LogP contribution in [0.1, 0.15) is 52.4 Å². The number of carbonyl (C=O) groups excluding carboxylic acids is 1. The van der Waals surface area contributed by atoms with Crippen molar-refractivity contribution < 1.29 is 18.3 Å². The van der Waals surface area contributed by atoms with Gasteiger partial charge in [-0.3, -0.25) is 4.79 Å². The molecular formula is C22H32N2O4S. The van der Waals surface area contributed by atoms with Crippen LogP contribution in [-0.4, -0.2) is 41.8 Å². The third-order valence-electron chi connectivity index (χ3n) is 7.88. The summed E-state index contributed by atoms with van der Waals surface area (Å²) in [6, 6.07) is 6.34. The third-order valence-corrected chi connectivity index (χ3v) is 9.99. The first kappa shape index (κ1) is 20.8. The molecule has 0 amide bonds. The number of nitrogen functional groups attached to an aromatic ring is 1. The van der Waals surface area contributed by atoms with Gasteiger partial charge in [-0.2, -0.15) is 4.31 Å². The molecule has 1 aromatic rings. The van der Waals surface area contributed by atoms with E-state index in [9.17, 15) is 18.3 Å². The van der Waals surface area contributed by atoms with Crippen molar-refractivity contribution in [2.75, 3.05) is 12.8 Å². The summed E-state index contributed by atoms with van der Waals surface area (Å²) < 4.78 is 27.5. The molecule has 0 radical (unpaired) electrons. The minimum atomic E-state index is -3.90. The van der Waals surface area contributed by atoms with Crippen molar-refractivity contribution in [2.45, 2.75) is 68.4 Å². The summed E-state index contributed by atoms with van der Waals surface area (Å²) in [7, 11) is -2.44. The quantitative estimate of drug-likeness (QED) is 0.689. The van der Waals surface area contributed by atoms with E-state index in [-0.39, 0.29) is 22.3 Å². The van der Waals surface area contributed by atoms with E-state index in [2.05, 4.69) is 0 Å². The number of anilines is 1. The molecule has 0 saturated heterocycles. The SMILES string of the molecule is CN(C(C)(C)C(=O)CC1C2CC3CC1CC(O)(C3)C2)S(=O)(=O)c1ccccc1N. The molecule has 0 aliphatic heterocycles. The van der Waals surface area contributed by atoms with E-state index in [1.54, 1.807) is 32.0 Å². The number of benzene rings is 1. The molecule has 0 heterocycles. The van der Waals surface area contributed by atoms with E-state index in [0.717, 1.165) is 36.4 Å². The van der Waals surface area contributed by atoms with Crippen LogP contribution in [0.3, 0.4) is 0 Å². The molecule has 4 fully saturated rings. The second kappa shape index (κ2) is 6.79. The maximum atomic E-state index is 13.3. The van der Waals surface area contributed by atoms with Crippen molar-refractivity contribution in [3.8, 4) is 0 Å². The third kappa shape index (κ3) is 3.41. The van der Waals surface area contributed by atoms with Crippen LogP contribution >= 0.6 is 0 Å². The van der Waals surface area contributed by atoms with Crippen molar-refractivity contribution in [3.05, 3.63) is 24.3 Å². The molecule has 7 heteroatoms. The lowest BCUT2D eigenvalue weighted by Gasteiger charge is -2.58. The normalized spacial score (nSPS) is 34.0. The van der Waals surface area contributed by atoms with Crippen LogP contribution in [0.2, 0.25) is 0 Å². The Morgan fingerprint density at radius 2 is 1.79 bits per heavy atom. The van der Waals surface area contributed by atoms with E-state index < -0.39 is 21.2 Å². The van der Waals surface area contributed by atoms with Gasteiger partial charge in [0.25, 0.3) is 0 Å². The van der Waals surface area contributed by atoms with Crippen LogP contribution in [-0.2, 0) is 14.8 Å². The Bertz CT molecular complexity index is 910. The summed E-state index contributed by atoms with van der Waals surface area (Å²) in [6.07, 6.45) is 5.03. The zero-order chi connectivity index (χ0) is 21.2. The molecule has 4 aliphatic rings. The lowest BCUT2D eigenvalue weighted by atomic mass is 9.49. The van der Waals surface area contributed by atoms with Crippen LogP contribution in [0.15, 0.2) is 29.2 Å². The van der Waals surface area contributed by atoms with Gasteiger partial charge in [-0.25, -0.2) is 8.42 Å². The first-order valence-corrected chi connectivity index (χ1v) is 12.0. The van der Waals surface area contributed by atoms with Gasteiger partial charge in [-0.1, -0.05) is 12.1 Å². The fraction of sp³-hybridized carbons (Fsp3) is 0.682. The van der Waals surface area contributed by atoms with Crippen LogP contribution in [0.25, 0.3) is 0 Å². The highest BCUT2D eigenvalue weighted by Crippen LogP contribution is 2.59. The predicted octanol–water partition coefficient (Wildman–Crippen LogP) is 2.81. The maximum absolute atomic E-state index is 13.3. The van der Waals surface area contributed by atoms with Gasteiger partial charge in [0.2, 0.25) is 10.0 Å². The van der Waals surface area contributed by atoms with Gasteiger partial charge in [0.05, 0.1) is 16.8 Å². The number of ketones is 1. The molecule has 4 bridgehead atoms. The molecule has 5 rings (SSSR count). The Labute approximate surface area is 173 Å². The highest BCUT2D eigenvalue weighted by Gasteiger charge is 2.55. The number of Topliss-reactive ketones (excluding diaryl/α,β-unsaturated/α-hetero) is 1. The highest BCUT2D eigenvalue weighted by atomic mass is 32.2. The van der Waals surface area contributed by atoms with Crippen molar-refractivity contribution in [1.29, 1.82) is 0 Å². The number of hydrogen-bond acceptors (Lipinski definition) is 5. The van der Waals surface area contributed by atoms with Crippen LogP contribution in [0.4, 0.5) is 5.69 Å². The van der Waals surface area contributed by atoms with Gasteiger partial charge < -0.3 is 10.8 Å². The number of para-hydroxylation sites is 1. The smallest absolute Gasteiger partial charge is 0.245 e. The molecule has 160 valence electrons. The minimum Gasteiger partial charge on any atom is -0.398 e. The van der Waals surface area contributed by atoms with Gasteiger partial charge in [-0.15, -0.1) is 0 Å². The Morgan fingerprint density at radius 1 is 1.21 bits per heavy atom. The largest absolute Gasteiger partial charge is 0.398 e. The van der Waals surface area contributed by atoms with Gasteiger partial charge in [0, 0.05) is 13.5 Å². The molecule has 4 saturated carbocycles. The number of nitrogens with zero attached hydrogens (tertiary/aromatic N) is 1. The topological polar surface area (TPSA) is 101 Å². The number of likely N-dealkylation sites (N-methyl/N-ethyl adjacent to an activating group) is 1. The van der Waals surface area contributed by atoms with Crippen molar-refractivity contribution in [1.82, 2.24) is 4.31 Å². The molecule has 1 aromatic carbocycles. The number of aliphatic hydroxyl groups is 1. The standard InChI is InChI=1S/C22H32N2O4S/c1-21(2,24(3)29(27,28)19-7-5-4-6-18(19)23)20(25)10-17-15-8-14-9-16(17)13-22(26,11-14)12-15/h4-7,14-17,26H,8-13,23H2,1-3H3. The van der Waals surface area contributed by atoms with Gasteiger partial charge >= 0.3 is 0 Å². The molecule has 29 heavy (non-hydrogen) atoms. The van der Waals surface area contributed by atoms with Crippen LogP contribution in [0, 0.1) is 23.7 Å². The number of sulfonamides is 1. The maximum Gasteiger partial charge on any atom is 0.245 e. The van der Waals surface area contributed by atoms with E-state index >= 15 is 0 Å². The Hall–Kier alpha value is -1.44. The summed E-state index contributed by atoms with van der Waals surface area (Å²) in [6.45, 7) is 3.35. The predicted molar refractivity (Wildman–Crippen MR) is 112 cm³/mol. The summed E-state index contributed by atoms with van der Waals surface area (Å²) in [5, 5.41) is 10.8. The van der Waals surface area contributed by atoms with E-state index in [4.69, 9.17) is 5.73 Å². The number of hydrogen-bond donors (Lipinski definition) is 2. The van der Waals surface area contributed by atoms with Gasteiger partial charge in [-0.05, 0) is 81.8 Å². The second-order valence-electron chi connectivity index (χ2n) is 10.1. The average Bonchev–Trinajstić information content (AvgIpc) is 2.62. The summed E-state index contributed by atoms with van der Waals surface area (Å²) in [4.78, 5) is 13.4. The molecule has 0 aromatic heterocycles. The zero-order valence-electron chi connectivity index (χ0n) is 17.5. The fourth-order valence-electron chi connectivity index (χ4n) is 6.22. The first-order valence-electron chi connectivity index (χ1n) is 10.5. The van der Waals surface area contributed by atoms with Crippen LogP contribution < -0.4 is 5.73 Å². The van der Waals surface area contributed by atoms with Crippen LogP contribution in [0.5, 0.6) is 0 Å². The average molecular weight is 421 g/mol. The molecule has 4 aliphatic carbocycles. The number of nitrogens with two attached hydrogens (primary N) is 1. The lowest BCUT2D eigenvalue weighted by Crippen LogP contribution is -2.56. The minimum absolute atomic E-state index is 0.0280. The monoisotopic (exact) mass is 420 g/mol. The Morgan fingerprint density at radius 3 is 2.34 bits per heavy atom. The zero-order valence-corrected chi connectivity index (χ0v) is 18.3. The summed E-state index contributed by atoms with van der Waals surface area (Å²) in [5.74, 6) is 1.51. The highest BCUT2D eigenvalue weighted by molar-refractivity contribution is 7.89. The number of rotatable bonds is 6. The first-order chi connectivity index (χ1) is 13.4. The van der Waals surface area contributed by atoms with Gasteiger partial charge in [0.15, 0.2) is 5.78 Å². The second-order valence-corrected chi connectivity index (χ2v) is 12.0. The van der Waals surface area contributed by atoms with Crippen molar-refractivity contribution in [2.24, 2.45) is 23.7 Å².